The van der Waals surface area contributed by atoms with Crippen LogP contribution in [-0.4, -0.2) is 37.1 Å². The highest BCUT2D eigenvalue weighted by atomic mass is 35.5. The average Bonchev–Trinajstić information content (AvgIpc) is 2.91. The van der Waals surface area contributed by atoms with Crippen molar-refractivity contribution in [2.24, 2.45) is 4.99 Å². The lowest BCUT2D eigenvalue weighted by molar-refractivity contribution is -0.137. The Labute approximate surface area is 188 Å². The largest absolute Gasteiger partial charge is 0.464 e. The second-order valence-electron chi connectivity index (χ2n) is 6.29. The van der Waals surface area contributed by atoms with Crippen molar-refractivity contribution in [2.45, 2.75) is 6.42 Å². The van der Waals surface area contributed by atoms with Gasteiger partial charge in [-0.25, -0.2) is 4.79 Å². The van der Waals surface area contributed by atoms with Crippen LogP contribution in [-0.2, 0) is 14.3 Å². The lowest BCUT2D eigenvalue weighted by atomic mass is 10.0. The van der Waals surface area contributed by atoms with Gasteiger partial charge in [-0.05, 0) is 24.3 Å². The molecule has 1 amide bonds. The van der Waals surface area contributed by atoms with E-state index in [0.717, 1.165) is 5.56 Å². The van der Waals surface area contributed by atoms with Crippen molar-refractivity contribution in [1.82, 2.24) is 5.32 Å². The Bertz CT molecular complexity index is 1050. The van der Waals surface area contributed by atoms with Gasteiger partial charge >= 0.3 is 5.97 Å². The second-order valence-corrected chi connectivity index (χ2v) is 7.51. The highest BCUT2D eigenvalue weighted by Crippen LogP contribution is 2.30. The summed E-state index contributed by atoms with van der Waals surface area (Å²) in [5, 5.41) is 6.80. The first kappa shape index (κ1) is 22.2. The smallest absolute Gasteiger partial charge is 0.356 e. The molecule has 1 aliphatic rings. The molecule has 1 heterocycles. The van der Waals surface area contributed by atoms with Crippen molar-refractivity contribution >= 4 is 58.1 Å². The number of anilines is 1. The van der Waals surface area contributed by atoms with Gasteiger partial charge < -0.3 is 15.4 Å². The first-order valence-electron chi connectivity index (χ1n) is 8.98. The maximum Gasteiger partial charge on any atom is 0.356 e. The monoisotopic (exact) mass is 465 g/mol. The van der Waals surface area contributed by atoms with Gasteiger partial charge in [0.15, 0.2) is 0 Å². The van der Waals surface area contributed by atoms with E-state index in [1.165, 1.54) is 7.11 Å². The lowest BCUT2D eigenvalue weighted by Crippen LogP contribution is -2.31. The molecule has 0 bridgehead atoms. The SMILES string of the molecule is COC(=O)/C(NC(=O)CCCl)=C1\CN=C(c2ccccc2Cl)c2cc(Cl)ccc2N1. The number of esters is 1. The number of fused-ring (bicyclic) bond motifs is 1. The molecule has 0 aromatic heterocycles. The third-order valence-electron chi connectivity index (χ3n) is 4.32. The molecule has 3 rings (SSSR count). The van der Waals surface area contributed by atoms with Crippen molar-refractivity contribution in [2.75, 3.05) is 24.9 Å². The Morgan fingerprint density at radius 2 is 1.93 bits per heavy atom. The fourth-order valence-electron chi connectivity index (χ4n) is 2.93. The van der Waals surface area contributed by atoms with Crippen molar-refractivity contribution in [3.05, 3.63) is 75.0 Å². The number of rotatable bonds is 5. The predicted molar refractivity (Wildman–Crippen MR) is 120 cm³/mol. The summed E-state index contributed by atoms with van der Waals surface area (Å²) in [4.78, 5) is 29.1. The normalized spacial score (nSPS) is 14.6. The van der Waals surface area contributed by atoms with E-state index < -0.39 is 11.9 Å². The summed E-state index contributed by atoms with van der Waals surface area (Å²) in [5.41, 5.74) is 3.03. The third-order valence-corrected chi connectivity index (χ3v) is 5.08. The molecule has 1 aliphatic heterocycles. The molecule has 0 spiro atoms. The van der Waals surface area contributed by atoms with E-state index in [2.05, 4.69) is 15.6 Å². The number of benzodiazepines with no additional fused rings is 1. The lowest BCUT2D eigenvalue weighted by Gasteiger charge is -2.15. The molecule has 2 aromatic rings. The van der Waals surface area contributed by atoms with E-state index in [0.29, 0.717) is 32.7 Å². The van der Waals surface area contributed by atoms with Gasteiger partial charge in [0.05, 0.1) is 25.1 Å². The summed E-state index contributed by atoms with van der Waals surface area (Å²) in [7, 11) is 1.24. The molecule has 0 aliphatic carbocycles. The second kappa shape index (κ2) is 9.98. The van der Waals surface area contributed by atoms with Gasteiger partial charge in [-0.3, -0.25) is 9.79 Å². The van der Waals surface area contributed by atoms with E-state index in [9.17, 15) is 9.59 Å². The molecule has 0 atom stereocenters. The molecule has 9 heteroatoms. The quantitative estimate of drug-likeness (QED) is 0.389. The number of hydrogen-bond donors (Lipinski definition) is 2. The fraction of sp³-hybridized carbons (Fsp3) is 0.190. The van der Waals surface area contributed by atoms with Gasteiger partial charge in [0, 0.05) is 39.2 Å². The summed E-state index contributed by atoms with van der Waals surface area (Å²) in [6.07, 6.45) is 0.0513. The molecule has 0 fully saturated rings. The molecule has 156 valence electrons. The number of hydrogen-bond acceptors (Lipinski definition) is 5. The summed E-state index contributed by atoms with van der Waals surface area (Å²) in [6.45, 7) is 0.0679. The maximum absolute atomic E-state index is 12.4. The van der Waals surface area contributed by atoms with Gasteiger partial charge in [-0.2, -0.15) is 0 Å². The average molecular weight is 467 g/mol. The summed E-state index contributed by atoms with van der Waals surface area (Å²) in [5.74, 6) is -0.984. The molecule has 2 aromatic carbocycles. The van der Waals surface area contributed by atoms with E-state index in [4.69, 9.17) is 39.5 Å². The molecular weight excluding hydrogens is 449 g/mol. The van der Waals surface area contributed by atoms with Crippen LogP contribution >= 0.6 is 34.8 Å². The number of nitrogens with one attached hydrogen (secondary N) is 2. The molecule has 0 saturated carbocycles. The van der Waals surface area contributed by atoms with Crippen molar-refractivity contribution in [3.8, 4) is 0 Å². The highest BCUT2D eigenvalue weighted by Gasteiger charge is 2.24. The van der Waals surface area contributed by atoms with Gasteiger partial charge in [-0.15, -0.1) is 11.6 Å². The van der Waals surface area contributed by atoms with Gasteiger partial charge in [-0.1, -0.05) is 41.4 Å². The Morgan fingerprint density at radius 3 is 2.63 bits per heavy atom. The van der Waals surface area contributed by atoms with E-state index in [-0.39, 0.29) is 24.5 Å². The minimum absolute atomic E-state index is 0.0299. The van der Waals surface area contributed by atoms with Crippen molar-refractivity contribution in [1.29, 1.82) is 0 Å². The predicted octanol–water partition coefficient (Wildman–Crippen LogP) is 4.39. The zero-order valence-corrected chi connectivity index (χ0v) is 18.2. The molecule has 0 radical (unpaired) electrons. The fourth-order valence-corrected chi connectivity index (χ4v) is 3.50. The Balaban J connectivity index is 2.16. The minimum Gasteiger partial charge on any atom is -0.464 e. The molecule has 2 N–H and O–H groups in total. The van der Waals surface area contributed by atoms with Crippen molar-refractivity contribution < 1.29 is 14.3 Å². The Hall–Kier alpha value is -2.54. The van der Waals surface area contributed by atoms with Crippen LogP contribution in [0.25, 0.3) is 0 Å². The summed E-state index contributed by atoms with van der Waals surface area (Å²) < 4.78 is 4.85. The molecule has 0 unspecified atom stereocenters. The minimum atomic E-state index is -0.702. The first-order valence-corrected chi connectivity index (χ1v) is 10.3. The number of carbonyl (C=O) groups is 2. The van der Waals surface area contributed by atoms with Crippen LogP contribution in [0, 0.1) is 0 Å². The molecule has 30 heavy (non-hydrogen) atoms. The van der Waals surface area contributed by atoms with E-state index >= 15 is 0 Å². The van der Waals surface area contributed by atoms with Gasteiger partial charge in [0.1, 0.15) is 5.70 Å². The van der Waals surface area contributed by atoms with E-state index in [1.807, 2.05) is 18.2 Å². The zero-order valence-electron chi connectivity index (χ0n) is 16.0. The number of amides is 1. The van der Waals surface area contributed by atoms with Crippen molar-refractivity contribution in [3.63, 3.8) is 0 Å². The Kier molecular flexibility index (Phi) is 7.37. The number of ether oxygens (including phenoxy) is 1. The van der Waals surface area contributed by atoms with Crippen LogP contribution in [0.4, 0.5) is 5.69 Å². The van der Waals surface area contributed by atoms with Crippen LogP contribution < -0.4 is 10.6 Å². The molecular formula is C21H18Cl3N3O3. The zero-order chi connectivity index (χ0) is 21.7. The van der Waals surface area contributed by atoms with Gasteiger partial charge in [0.25, 0.3) is 0 Å². The number of methoxy groups -OCH3 is 1. The van der Waals surface area contributed by atoms with Crippen LogP contribution in [0.5, 0.6) is 0 Å². The maximum atomic E-state index is 12.4. The highest BCUT2D eigenvalue weighted by molar-refractivity contribution is 6.36. The van der Waals surface area contributed by atoms with Crippen LogP contribution in [0.1, 0.15) is 17.5 Å². The van der Waals surface area contributed by atoms with E-state index in [1.54, 1.807) is 24.3 Å². The Morgan fingerprint density at radius 1 is 1.17 bits per heavy atom. The van der Waals surface area contributed by atoms with Crippen LogP contribution in [0.3, 0.4) is 0 Å². The number of halogens is 3. The topological polar surface area (TPSA) is 79.8 Å². The summed E-state index contributed by atoms with van der Waals surface area (Å²) >= 11 is 18.3. The number of carbonyl (C=O) groups excluding carboxylic acids is 2. The van der Waals surface area contributed by atoms with Crippen LogP contribution in [0.15, 0.2) is 58.9 Å². The number of aliphatic imine (C=N–C) groups is 1. The molecule has 6 nitrogen and oxygen atoms in total. The van der Waals surface area contributed by atoms with Crippen LogP contribution in [0.2, 0.25) is 10.0 Å². The standard InChI is InChI=1S/C21H18Cl3N3O3/c1-30-21(29)20(27-18(28)8-9-22)17-11-25-19(13-4-2-3-5-15(13)24)14-10-12(23)6-7-16(14)26-17/h2-7,10,26H,8-9,11H2,1H3,(H,27,28)/b20-17-. The number of alkyl halides is 1. The third kappa shape index (κ3) is 4.95. The number of nitrogens with zero attached hydrogens (tertiary/aromatic N) is 1. The summed E-state index contributed by atoms with van der Waals surface area (Å²) in [6, 6.07) is 12.5. The molecule has 0 saturated heterocycles. The van der Waals surface area contributed by atoms with Gasteiger partial charge in [0.2, 0.25) is 5.91 Å². The number of benzene rings is 2. The first-order chi connectivity index (χ1) is 14.4.